The maximum atomic E-state index is 13.3. The minimum absolute atomic E-state index is 0.271. The molecule has 2 nitrogen and oxygen atoms in total. The van der Waals surface area contributed by atoms with E-state index in [2.05, 4.69) is 0 Å². The summed E-state index contributed by atoms with van der Waals surface area (Å²) in [7, 11) is 0. The van der Waals surface area contributed by atoms with Gasteiger partial charge in [-0.05, 0) is 49.6 Å². The fraction of sp³-hybridized carbons (Fsp3) is 0.571. The van der Waals surface area contributed by atoms with E-state index in [0.717, 1.165) is 18.6 Å². The molecule has 6 heteroatoms. The van der Waals surface area contributed by atoms with Gasteiger partial charge in [-0.3, -0.25) is 4.90 Å². The van der Waals surface area contributed by atoms with E-state index in [1.54, 1.807) is 0 Å². The number of halogens is 4. The largest absolute Gasteiger partial charge is 0.416 e. The molecular weight excluding hydrogens is 274 g/mol. The lowest BCUT2D eigenvalue weighted by atomic mass is 10.1. The first-order chi connectivity index (χ1) is 9.34. The Morgan fingerprint density at radius 2 is 1.90 bits per heavy atom. The summed E-state index contributed by atoms with van der Waals surface area (Å²) in [6.45, 7) is 1.58. The Balaban J connectivity index is 2.11. The Kier molecular flexibility index (Phi) is 4.65. The molecule has 20 heavy (non-hydrogen) atoms. The molecule has 0 radical (unpaired) electrons. The van der Waals surface area contributed by atoms with E-state index >= 15 is 0 Å². The van der Waals surface area contributed by atoms with Crippen molar-refractivity contribution in [2.45, 2.75) is 38.1 Å². The van der Waals surface area contributed by atoms with Gasteiger partial charge in [-0.25, -0.2) is 4.39 Å². The van der Waals surface area contributed by atoms with E-state index in [4.69, 9.17) is 0 Å². The van der Waals surface area contributed by atoms with Gasteiger partial charge in [-0.15, -0.1) is 0 Å². The summed E-state index contributed by atoms with van der Waals surface area (Å²) in [6.07, 6.45) is -2.79. The molecule has 1 atom stereocenters. The van der Waals surface area contributed by atoms with Crippen molar-refractivity contribution in [2.24, 2.45) is 0 Å². The first-order valence-corrected chi connectivity index (χ1v) is 6.61. The van der Waals surface area contributed by atoms with Crippen molar-refractivity contribution < 1.29 is 22.7 Å². The molecule has 0 bridgehead atoms. The average Bonchev–Trinajstić information content (AvgIpc) is 2.53. The van der Waals surface area contributed by atoms with E-state index in [-0.39, 0.29) is 12.6 Å². The molecule has 0 unspecified atom stereocenters. The molecule has 1 heterocycles. The van der Waals surface area contributed by atoms with Crippen molar-refractivity contribution in [2.75, 3.05) is 13.1 Å². The molecule has 1 aromatic carbocycles. The maximum Gasteiger partial charge on any atom is 0.416 e. The number of aliphatic hydroxyl groups excluding tert-OH is 1. The van der Waals surface area contributed by atoms with Crippen LogP contribution in [0.3, 0.4) is 0 Å². The van der Waals surface area contributed by atoms with Gasteiger partial charge >= 0.3 is 6.18 Å². The highest BCUT2D eigenvalue weighted by molar-refractivity contribution is 5.26. The van der Waals surface area contributed by atoms with Crippen LogP contribution < -0.4 is 0 Å². The standard InChI is InChI=1S/C14H17F4NO/c15-12-7-10(6-11(8-12)14(16,17)18)9-19-4-1-2-13(20)3-5-19/h6-8,13,20H,1-5,9H2/t13-/m0/s1. The molecular formula is C14H17F4NO. The van der Waals surface area contributed by atoms with Crippen LogP contribution in [-0.2, 0) is 12.7 Å². The number of nitrogens with zero attached hydrogens (tertiary/aromatic N) is 1. The molecule has 1 N–H and O–H groups in total. The maximum absolute atomic E-state index is 13.3. The molecule has 1 aliphatic rings. The van der Waals surface area contributed by atoms with Gasteiger partial charge in [0.25, 0.3) is 0 Å². The van der Waals surface area contributed by atoms with Gasteiger partial charge in [0.15, 0.2) is 0 Å². The lowest BCUT2D eigenvalue weighted by Crippen LogP contribution is -2.25. The van der Waals surface area contributed by atoms with Crippen LogP contribution in [-0.4, -0.2) is 29.2 Å². The predicted molar refractivity (Wildman–Crippen MR) is 66.5 cm³/mol. The molecule has 0 spiro atoms. The summed E-state index contributed by atoms with van der Waals surface area (Å²) >= 11 is 0. The van der Waals surface area contributed by atoms with Gasteiger partial charge in [0.1, 0.15) is 5.82 Å². The second-order valence-corrected chi connectivity index (χ2v) is 5.21. The van der Waals surface area contributed by atoms with Crippen molar-refractivity contribution in [3.63, 3.8) is 0 Å². The van der Waals surface area contributed by atoms with Crippen molar-refractivity contribution in [1.29, 1.82) is 0 Å². The highest BCUT2D eigenvalue weighted by Gasteiger charge is 2.31. The van der Waals surface area contributed by atoms with Crippen LogP contribution in [0.15, 0.2) is 18.2 Å². The third-order valence-corrected chi connectivity index (χ3v) is 3.48. The van der Waals surface area contributed by atoms with E-state index in [1.807, 2.05) is 4.90 Å². The van der Waals surface area contributed by atoms with Crippen molar-refractivity contribution in [1.82, 2.24) is 4.90 Å². The predicted octanol–water partition coefficient (Wildman–Crippen LogP) is 3.19. The molecule has 1 fully saturated rings. The van der Waals surface area contributed by atoms with Gasteiger partial charge in [-0.1, -0.05) is 0 Å². The topological polar surface area (TPSA) is 23.5 Å². The van der Waals surface area contributed by atoms with E-state index in [9.17, 15) is 22.7 Å². The Morgan fingerprint density at radius 1 is 1.15 bits per heavy atom. The fourth-order valence-corrected chi connectivity index (χ4v) is 2.46. The first-order valence-electron chi connectivity index (χ1n) is 6.61. The summed E-state index contributed by atoms with van der Waals surface area (Å²) in [6, 6.07) is 2.64. The minimum atomic E-state index is -4.54. The second-order valence-electron chi connectivity index (χ2n) is 5.21. The summed E-state index contributed by atoms with van der Waals surface area (Å²) in [5, 5.41) is 9.53. The van der Waals surface area contributed by atoms with Gasteiger partial charge in [0.05, 0.1) is 11.7 Å². The average molecular weight is 291 g/mol. The van der Waals surface area contributed by atoms with Gasteiger partial charge in [-0.2, -0.15) is 13.2 Å². The zero-order valence-corrected chi connectivity index (χ0v) is 11.0. The fourth-order valence-electron chi connectivity index (χ4n) is 2.46. The molecule has 2 rings (SSSR count). The normalized spacial score (nSPS) is 21.8. The number of alkyl halides is 3. The zero-order valence-electron chi connectivity index (χ0n) is 11.0. The Hall–Kier alpha value is -1.14. The zero-order chi connectivity index (χ0) is 14.8. The van der Waals surface area contributed by atoms with Gasteiger partial charge < -0.3 is 5.11 Å². The smallest absolute Gasteiger partial charge is 0.393 e. The van der Waals surface area contributed by atoms with Crippen LogP contribution in [0.25, 0.3) is 0 Å². The quantitative estimate of drug-likeness (QED) is 0.846. The van der Waals surface area contributed by atoms with Crippen molar-refractivity contribution >= 4 is 0 Å². The second kappa shape index (κ2) is 6.10. The highest BCUT2D eigenvalue weighted by atomic mass is 19.4. The van der Waals surface area contributed by atoms with Gasteiger partial charge in [0, 0.05) is 13.1 Å². The Labute approximate surface area is 115 Å². The van der Waals surface area contributed by atoms with Crippen LogP contribution in [0.1, 0.15) is 30.4 Å². The van der Waals surface area contributed by atoms with Gasteiger partial charge in [0.2, 0.25) is 0 Å². The number of hydrogen-bond donors (Lipinski definition) is 1. The highest BCUT2D eigenvalue weighted by Crippen LogP contribution is 2.30. The number of rotatable bonds is 2. The van der Waals surface area contributed by atoms with Crippen LogP contribution in [0, 0.1) is 5.82 Å². The van der Waals surface area contributed by atoms with Crippen molar-refractivity contribution in [3.8, 4) is 0 Å². The SMILES string of the molecule is O[C@H]1CCCN(Cc2cc(F)cc(C(F)(F)F)c2)CC1. The monoisotopic (exact) mass is 291 g/mol. The van der Waals surface area contributed by atoms with Crippen LogP contribution in [0.2, 0.25) is 0 Å². The molecule has 1 aliphatic heterocycles. The molecule has 112 valence electrons. The summed E-state index contributed by atoms with van der Waals surface area (Å²) in [5.74, 6) is -0.871. The number of aliphatic hydroxyl groups is 1. The van der Waals surface area contributed by atoms with Crippen molar-refractivity contribution in [3.05, 3.63) is 35.1 Å². The first kappa shape index (κ1) is 15.3. The number of likely N-dealkylation sites (tertiary alicyclic amines) is 1. The molecule has 1 saturated heterocycles. The summed E-state index contributed by atoms with van der Waals surface area (Å²) in [4.78, 5) is 1.95. The molecule has 0 aromatic heterocycles. The summed E-state index contributed by atoms with van der Waals surface area (Å²) in [5.41, 5.74) is -0.643. The van der Waals surface area contributed by atoms with E-state index in [1.165, 1.54) is 0 Å². The lowest BCUT2D eigenvalue weighted by Gasteiger charge is -2.20. The lowest BCUT2D eigenvalue weighted by molar-refractivity contribution is -0.137. The van der Waals surface area contributed by atoms with Crippen LogP contribution in [0.5, 0.6) is 0 Å². The van der Waals surface area contributed by atoms with E-state index < -0.39 is 17.6 Å². The molecule has 0 saturated carbocycles. The molecule has 0 amide bonds. The molecule has 0 aliphatic carbocycles. The Bertz CT molecular complexity index is 461. The molecule has 1 aromatic rings. The number of hydrogen-bond acceptors (Lipinski definition) is 2. The van der Waals surface area contributed by atoms with Crippen LogP contribution in [0.4, 0.5) is 17.6 Å². The Morgan fingerprint density at radius 3 is 2.60 bits per heavy atom. The van der Waals surface area contributed by atoms with E-state index in [0.29, 0.717) is 37.6 Å². The summed E-state index contributed by atoms with van der Waals surface area (Å²) < 4.78 is 51.2. The third kappa shape index (κ3) is 4.18. The number of benzene rings is 1. The minimum Gasteiger partial charge on any atom is -0.393 e. The third-order valence-electron chi connectivity index (χ3n) is 3.48. The van der Waals surface area contributed by atoms with Crippen LogP contribution >= 0.6 is 0 Å².